The molecule has 192 valence electrons. The van der Waals surface area contributed by atoms with Gasteiger partial charge in [0.15, 0.2) is 5.82 Å². The van der Waals surface area contributed by atoms with E-state index in [0.29, 0.717) is 24.6 Å². The van der Waals surface area contributed by atoms with E-state index in [1.165, 1.54) is 53.4 Å². The van der Waals surface area contributed by atoms with Gasteiger partial charge in [-0.25, -0.2) is 4.79 Å². The molecule has 1 saturated heterocycles. The second-order valence-corrected chi connectivity index (χ2v) is 8.01. The molecule has 2 heterocycles. The zero-order valence-electron chi connectivity index (χ0n) is 19.2. The number of amides is 3. The van der Waals surface area contributed by atoms with Crippen LogP contribution in [0.4, 0.5) is 29.5 Å². The van der Waals surface area contributed by atoms with E-state index in [1.807, 2.05) is 4.90 Å². The van der Waals surface area contributed by atoms with Crippen molar-refractivity contribution in [2.75, 3.05) is 36.4 Å². The van der Waals surface area contributed by atoms with E-state index in [1.54, 1.807) is 6.07 Å². The van der Waals surface area contributed by atoms with Crippen LogP contribution in [0.2, 0.25) is 0 Å². The number of nitrogens with zero attached hydrogens (tertiary/aromatic N) is 4. The summed E-state index contributed by atoms with van der Waals surface area (Å²) >= 11 is 0. The first kappa shape index (κ1) is 25.4. The summed E-state index contributed by atoms with van der Waals surface area (Å²) in [6.07, 6.45) is -5.44. The number of halogens is 3. The number of carbonyl (C=O) groups is 3. The molecular weight excluding hydrogens is 493 g/mol. The molecule has 0 radical (unpaired) electrons. The number of benzene rings is 2. The van der Waals surface area contributed by atoms with E-state index in [9.17, 15) is 27.6 Å². The van der Waals surface area contributed by atoms with Crippen molar-refractivity contribution in [1.82, 2.24) is 15.1 Å². The van der Waals surface area contributed by atoms with E-state index >= 15 is 0 Å². The van der Waals surface area contributed by atoms with Gasteiger partial charge in [0.2, 0.25) is 11.8 Å². The van der Waals surface area contributed by atoms with Crippen LogP contribution in [0.3, 0.4) is 0 Å². The number of nitrogens with two attached hydrogens (primary N) is 1. The Morgan fingerprint density at radius 3 is 2.16 bits per heavy atom. The minimum absolute atomic E-state index is 0.0624. The Labute approximate surface area is 208 Å². The second kappa shape index (κ2) is 10.5. The number of nitrogens with one attached hydrogen (secondary N) is 1. The van der Waals surface area contributed by atoms with Crippen LogP contribution in [0.5, 0.6) is 5.88 Å². The highest BCUT2D eigenvalue weighted by Gasteiger charge is 2.36. The van der Waals surface area contributed by atoms with Gasteiger partial charge < -0.3 is 20.3 Å². The molecule has 1 aromatic heterocycles. The van der Waals surface area contributed by atoms with Gasteiger partial charge in [-0.05, 0) is 42.5 Å². The van der Waals surface area contributed by atoms with Crippen molar-refractivity contribution in [3.05, 3.63) is 77.4 Å². The van der Waals surface area contributed by atoms with Crippen LogP contribution in [0.1, 0.15) is 26.3 Å². The summed E-state index contributed by atoms with van der Waals surface area (Å²) in [7, 11) is 0. The molecule has 0 saturated carbocycles. The summed E-state index contributed by atoms with van der Waals surface area (Å²) in [5, 5.41) is 10.4. The van der Waals surface area contributed by atoms with Crippen molar-refractivity contribution in [3.8, 4) is 5.88 Å². The van der Waals surface area contributed by atoms with Gasteiger partial charge in [-0.3, -0.25) is 14.9 Å². The van der Waals surface area contributed by atoms with Gasteiger partial charge >= 0.3 is 12.3 Å². The number of piperazine rings is 1. The summed E-state index contributed by atoms with van der Waals surface area (Å²) in [5.74, 6) is -0.882. The molecule has 2 aromatic carbocycles. The summed E-state index contributed by atoms with van der Waals surface area (Å²) in [6, 6.07) is 13.6. The largest absolute Gasteiger partial charge is 0.418 e. The summed E-state index contributed by atoms with van der Waals surface area (Å²) in [6.45, 7) is 1.05. The van der Waals surface area contributed by atoms with Gasteiger partial charge in [0.1, 0.15) is 0 Å². The number of aromatic nitrogens is 2. The maximum atomic E-state index is 13.3. The van der Waals surface area contributed by atoms with E-state index in [0.717, 1.165) is 6.07 Å². The van der Waals surface area contributed by atoms with E-state index in [-0.39, 0.29) is 30.1 Å². The molecule has 0 aliphatic carbocycles. The zero-order chi connectivity index (χ0) is 26.6. The number of rotatable bonds is 5. The molecule has 1 aliphatic rings. The highest BCUT2D eigenvalue weighted by molar-refractivity contribution is 5.96. The third-order valence-corrected chi connectivity index (χ3v) is 5.59. The standard InChI is InChI=1S/C24H21F3N6O4/c25-24(26,27)18-4-2-1-3-17(18)22(35)33-13-11-32(12-14-33)19-9-10-20(31-30-19)37-23(36)29-16-7-5-15(6-8-16)21(28)34/h1-10H,11-14H2,(H2,28,34)(H,29,36). The Morgan fingerprint density at radius 2 is 1.57 bits per heavy atom. The SMILES string of the molecule is NC(=O)c1ccc(NC(=O)Oc2ccc(N3CCN(C(=O)c4ccccc4C(F)(F)F)CC3)nn2)cc1. The molecule has 37 heavy (non-hydrogen) atoms. The Kier molecular flexibility index (Phi) is 7.22. The van der Waals surface area contributed by atoms with E-state index in [2.05, 4.69) is 15.5 Å². The number of carbonyl (C=O) groups excluding carboxylic acids is 3. The Hall–Kier alpha value is -4.68. The summed E-state index contributed by atoms with van der Waals surface area (Å²) < 4.78 is 44.9. The van der Waals surface area contributed by atoms with Crippen LogP contribution in [-0.4, -0.2) is 59.2 Å². The summed E-state index contributed by atoms with van der Waals surface area (Å²) in [4.78, 5) is 39.1. The average molecular weight is 514 g/mol. The number of primary amides is 1. The first-order valence-corrected chi connectivity index (χ1v) is 11.0. The molecule has 1 fully saturated rings. The van der Waals surface area contributed by atoms with E-state index in [4.69, 9.17) is 10.5 Å². The van der Waals surface area contributed by atoms with Gasteiger partial charge in [0, 0.05) is 43.5 Å². The molecular formula is C24H21F3N6O4. The predicted octanol–water partition coefficient (Wildman–Crippen LogP) is 3.17. The number of ether oxygens (including phenoxy) is 1. The molecule has 4 rings (SSSR count). The maximum absolute atomic E-state index is 13.3. The first-order chi connectivity index (χ1) is 17.6. The number of anilines is 2. The topological polar surface area (TPSA) is 131 Å². The van der Waals surface area contributed by atoms with Crippen molar-refractivity contribution < 1.29 is 32.3 Å². The Balaban J connectivity index is 1.31. The minimum Gasteiger partial charge on any atom is -0.389 e. The molecule has 3 N–H and O–H groups in total. The van der Waals surface area contributed by atoms with Gasteiger partial charge in [-0.2, -0.15) is 13.2 Å². The van der Waals surface area contributed by atoms with E-state index < -0.39 is 29.6 Å². The highest BCUT2D eigenvalue weighted by atomic mass is 19.4. The van der Waals surface area contributed by atoms with Crippen LogP contribution in [0.15, 0.2) is 60.7 Å². The molecule has 3 aromatic rings. The van der Waals surface area contributed by atoms with Crippen LogP contribution in [0, 0.1) is 0 Å². The predicted molar refractivity (Wildman–Crippen MR) is 126 cm³/mol. The quantitative estimate of drug-likeness (QED) is 0.535. The normalized spacial score (nSPS) is 13.7. The number of hydrogen-bond acceptors (Lipinski definition) is 7. The van der Waals surface area contributed by atoms with Gasteiger partial charge in [0.25, 0.3) is 5.91 Å². The van der Waals surface area contributed by atoms with Crippen LogP contribution in [0.25, 0.3) is 0 Å². The number of alkyl halides is 3. The van der Waals surface area contributed by atoms with Crippen molar-refractivity contribution in [3.63, 3.8) is 0 Å². The van der Waals surface area contributed by atoms with Crippen molar-refractivity contribution in [2.24, 2.45) is 5.73 Å². The second-order valence-electron chi connectivity index (χ2n) is 8.01. The highest BCUT2D eigenvalue weighted by Crippen LogP contribution is 2.32. The lowest BCUT2D eigenvalue weighted by atomic mass is 10.1. The molecule has 0 bridgehead atoms. The van der Waals surface area contributed by atoms with Gasteiger partial charge in [-0.1, -0.05) is 12.1 Å². The zero-order valence-corrected chi connectivity index (χ0v) is 19.2. The van der Waals surface area contributed by atoms with Gasteiger partial charge in [-0.15, -0.1) is 10.2 Å². The molecule has 0 spiro atoms. The third kappa shape index (κ3) is 6.12. The third-order valence-electron chi connectivity index (χ3n) is 5.59. The Morgan fingerprint density at radius 1 is 0.892 bits per heavy atom. The Bertz CT molecular complexity index is 1290. The van der Waals surface area contributed by atoms with Crippen LogP contribution < -0.4 is 20.7 Å². The van der Waals surface area contributed by atoms with Crippen molar-refractivity contribution in [2.45, 2.75) is 6.18 Å². The summed E-state index contributed by atoms with van der Waals surface area (Å²) in [5.41, 5.74) is 4.50. The molecule has 3 amide bonds. The minimum atomic E-state index is -4.63. The fraction of sp³-hybridized carbons (Fsp3) is 0.208. The molecule has 1 aliphatic heterocycles. The van der Waals surface area contributed by atoms with Crippen molar-refractivity contribution >= 4 is 29.4 Å². The maximum Gasteiger partial charge on any atom is 0.418 e. The lowest BCUT2D eigenvalue weighted by molar-refractivity contribution is -0.138. The molecule has 10 nitrogen and oxygen atoms in total. The fourth-order valence-corrected chi connectivity index (χ4v) is 3.72. The first-order valence-electron chi connectivity index (χ1n) is 11.0. The fourth-order valence-electron chi connectivity index (χ4n) is 3.72. The molecule has 0 unspecified atom stereocenters. The molecule has 13 heteroatoms. The van der Waals surface area contributed by atoms with Gasteiger partial charge in [0.05, 0.1) is 11.1 Å². The number of hydrogen-bond donors (Lipinski definition) is 2. The molecule has 0 atom stereocenters. The van der Waals surface area contributed by atoms with Crippen molar-refractivity contribution in [1.29, 1.82) is 0 Å². The van der Waals surface area contributed by atoms with Crippen LogP contribution >= 0.6 is 0 Å². The van der Waals surface area contributed by atoms with Crippen LogP contribution in [-0.2, 0) is 6.18 Å². The average Bonchev–Trinajstić information content (AvgIpc) is 2.88. The lowest BCUT2D eigenvalue weighted by Gasteiger charge is -2.35. The monoisotopic (exact) mass is 514 g/mol. The lowest BCUT2D eigenvalue weighted by Crippen LogP contribution is -2.49. The smallest absolute Gasteiger partial charge is 0.389 e.